The Hall–Kier alpha value is -5.66. The lowest BCUT2D eigenvalue weighted by molar-refractivity contribution is 0.342. The van der Waals surface area contributed by atoms with E-state index in [-0.39, 0.29) is 10.8 Å². The van der Waals surface area contributed by atoms with E-state index in [2.05, 4.69) is 172 Å². The van der Waals surface area contributed by atoms with Gasteiger partial charge in [-0.2, -0.15) is 0 Å². The molecule has 2 fully saturated rings. The van der Waals surface area contributed by atoms with Gasteiger partial charge in [0.05, 0.1) is 5.69 Å². The van der Waals surface area contributed by atoms with Crippen molar-refractivity contribution in [3.05, 3.63) is 184 Å². The van der Waals surface area contributed by atoms with Crippen LogP contribution in [0.3, 0.4) is 0 Å². The number of anilines is 3. The van der Waals surface area contributed by atoms with Crippen molar-refractivity contribution in [3.8, 4) is 44.5 Å². The Morgan fingerprint density at radius 1 is 0.377 bits per heavy atom. The molecule has 1 heteroatoms. The zero-order valence-corrected chi connectivity index (χ0v) is 36.2. The molecule has 15 rings (SSSR count). The predicted octanol–water partition coefficient (Wildman–Crippen LogP) is 16.6. The molecule has 0 aromatic heterocycles. The molecule has 0 heterocycles. The van der Waals surface area contributed by atoms with Gasteiger partial charge in [-0.05, 0) is 195 Å². The molecule has 7 aromatic carbocycles. The predicted molar refractivity (Wildman–Crippen MR) is 255 cm³/mol. The van der Waals surface area contributed by atoms with Gasteiger partial charge in [-0.25, -0.2) is 0 Å². The van der Waals surface area contributed by atoms with Crippen LogP contribution in [0, 0.1) is 0 Å². The molecule has 0 unspecified atom stereocenters. The molecule has 0 amide bonds. The second-order valence-electron chi connectivity index (χ2n) is 20.6. The van der Waals surface area contributed by atoms with Crippen molar-refractivity contribution in [2.24, 2.45) is 0 Å². The van der Waals surface area contributed by atoms with Gasteiger partial charge < -0.3 is 4.90 Å². The number of rotatable bonds is 5. The molecule has 0 spiro atoms. The van der Waals surface area contributed by atoms with Crippen LogP contribution < -0.4 is 4.90 Å². The van der Waals surface area contributed by atoms with Gasteiger partial charge in [-0.1, -0.05) is 131 Å². The first-order valence-electron chi connectivity index (χ1n) is 23.4. The maximum Gasteiger partial charge on any atom is 0.0540 e. The van der Waals surface area contributed by atoms with Crippen molar-refractivity contribution in [2.45, 2.75) is 114 Å². The van der Waals surface area contributed by atoms with Crippen LogP contribution in [-0.2, 0) is 10.8 Å². The Morgan fingerprint density at radius 3 is 1.36 bits per heavy atom. The van der Waals surface area contributed by atoms with Crippen LogP contribution in [0.15, 0.2) is 140 Å². The first-order chi connectivity index (χ1) is 29.8. The van der Waals surface area contributed by atoms with Crippen LogP contribution in [0.4, 0.5) is 17.1 Å². The summed E-state index contributed by atoms with van der Waals surface area (Å²) in [6, 6.07) is 54.4. The van der Waals surface area contributed by atoms with Crippen LogP contribution in [-0.4, -0.2) is 0 Å². The van der Waals surface area contributed by atoms with Crippen LogP contribution >= 0.6 is 0 Å². The van der Waals surface area contributed by atoms with Crippen LogP contribution in [0.2, 0.25) is 0 Å². The first-order valence-corrected chi connectivity index (χ1v) is 23.4. The summed E-state index contributed by atoms with van der Waals surface area (Å²) in [5, 5.41) is 0. The third-order valence-electron chi connectivity index (χ3n) is 16.9. The minimum Gasteiger partial charge on any atom is -0.310 e. The quantitative estimate of drug-likeness (QED) is 0.168. The summed E-state index contributed by atoms with van der Waals surface area (Å²) in [5.41, 5.74) is 27.1. The van der Waals surface area contributed by atoms with E-state index in [1.807, 2.05) is 0 Å². The first kappa shape index (κ1) is 36.0. The Bertz CT molecular complexity index is 2790. The van der Waals surface area contributed by atoms with Gasteiger partial charge in [0.2, 0.25) is 0 Å². The fourth-order valence-electron chi connectivity index (χ4n) is 13.8. The van der Waals surface area contributed by atoms with Crippen molar-refractivity contribution in [1.82, 2.24) is 0 Å². The summed E-state index contributed by atoms with van der Waals surface area (Å²) >= 11 is 0. The van der Waals surface area contributed by atoms with E-state index >= 15 is 0 Å². The summed E-state index contributed by atoms with van der Waals surface area (Å²) in [4.78, 5) is 2.60. The maximum atomic E-state index is 2.76. The Morgan fingerprint density at radius 2 is 0.836 bits per heavy atom. The van der Waals surface area contributed by atoms with Crippen LogP contribution in [0.25, 0.3) is 44.5 Å². The number of fused-ring (bicyclic) bond motifs is 10. The van der Waals surface area contributed by atoms with E-state index in [4.69, 9.17) is 0 Å². The van der Waals surface area contributed by atoms with E-state index in [0.717, 1.165) is 11.8 Å². The minimum atomic E-state index is -0.106. The summed E-state index contributed by atoms with van der Waals surface area (Å²) in [7, 11) is 0. The lowest BCUT2D eigenvalue weighted by Gasteiger charge is -2.46. The van der Waals surface area contributed by atoms with Crippen LogP contribution in [0.1, 0.15) is 147 Å². The molecule has 4 bridgehead atoms. The molecule has 300 valence electrons. The molecule has 0 aliphatic heterocycles. The zero-order valence-electron chi connectivity index (χ0n) is 36.2. The Balaban J connectivity index is 1.06. The highest BCUT2D eigenvalue weighted by Crippen LogP contribution is 2.61. The van der Waals surface area contributed by atoms with E-state index in [0.29, 0.717) is 11.8 Å². The maximum absolute atomic E-state index is 2.76. The second-order valence-corrected chi connectivity index (χ2v) is 20.6. The highest BCUT2D eigenvalue weighted by Gasteiger charge is 2.43. The van der Waals surface area contributed by atoms with Crippen molar-refractivity contribution < 1.29 is 0 Å². The van der Waals surface area contributed by atoms with E-state index < -0.39 is 0 Å². The van der Waals surface area contributed by atoms with Gasteiger partial charge in [0, 0.05) is 27.8 Å². The molecule has 2 saturated carbocycles. The highest BCUT2D eigenvalue weighted by molar-refractivity contribution is 5.94. The van der Waals surface area contributed by atoms with Gasteiger partial charge in [0.1, 0.15) is 0 Å². The zero-order chi connectivity index (χ0) is 40.8. The second kappa shape index (κ2) is 12.9. The largest absolute Gasteiger partial charge is 0.310 e. The monoisotopic (exact) mass is 789 g/mol. The van der Waals surface area contributed by atoms with Crippen molar-refractivity contribution in [1.29, 1.82) is 0 Å². The third kappa shape index (κ3) is 5.07. The van der Waals surface area contributed by atoms with Crippen LogP contribution in [0.5, 0.6) is 0 Å². The lowest BCUT2D eigenvalue weighted by Crippen LogP contribution is -2.28. The Labute approximate surface area is 362 Å². The molecule has 61 heavy (non-hydrogen) atoms. The van der Waals surface area contributed by atoms with E-state index in [1.54, 1.807) is 27.8 Å². The molecular formula is C60H55N. The van der Waals surface area contributed by atoms with Crippen molar-refractivity contribution in [2.75, 3.05) is 4.90 Å². The van der Waals surface area contributed by atoms with Gasteiger partial charge in [-0.3, -0.25) is 0 Å². The molecule has 7 aromatic rings. The fraction of sp³-hybridized carbons (Fsp3) is 0.300. The summed E-state index contributed by atoms with van der Waals surface area (Å²) in [6.07, 6.45) is 10.9. The van der Waals surface area contributed by atoms with Gasteiger partial charge in [-0.15, -0.1) is 0 Å². The van der Waals surface area contributed by atoms with Crippen molar-refractivity contribution in [3.63, 3.8) is 0 Å². The third-order valence-corrected chi connectivity index (χ3v) is 16.9. The lowest BCUT2D eigenvalue weighted by atomic mass is 9.58. The van der Waals surface area contributed by atoms with Crippen molar-refractivity contribution >= 4 is 17.1 Å². The number of hydrogen-bond donors (Lipinski definition) is 0. The van der Waals surface area contributed by atoms with Gasteiger partial charge in [0.15, 0.2) is 0 Å². The number of hydrogen-bond acceptors (Lipinski definition) is 1. The Kier molecular flexibility index (Phi) is 7.64. The van der Waals surface area contributed by atoms with Gasteiger partial charge >= 0.3 is 0 Å². The highest BCUT2D eigenvalue weighted by atomic mass is 15.1. The summed E-state index contributed by atoms with van der Waals surface area (Å²) in [5.74, 6) is 2.85. The minimum absolute atomic E-state index is 0.106. The molecule has 0 atom stereocenters. The normalized spacial score (nSPS) is 22.5. The SMILES string of the molecule is CC1(C)c2ccccc2-c2ccc(N(c3ccc4c(c3)C(C)(C)c3ccccc3-4)c3ccc(-c4c5c(cc6c4C4CCC6CC4)C4CCC5CC4)cc3-c3ccccc3)cc21. The standard InChI is InChI=1S/C60H55N/c1-59(2)51-16-10-8-14-44(51)46-29-27-42(33-53(46)59)61(43-28-30-47-45-15-9-11-17-52(45)60(3,4)54(47)34-43)55-31-26-41(32-48(55)36-12-6-5-7-13-36)58-56-39-22-18-37(19-23-39)49(56)35-50-38-20-24-40(25-21-38)57(50)58/h5-17,26-35,37-40H,18-25H2,1-4H3. The molecule has 8 aliphatic rings. The molecule has 0 N–H and O–H groups in total. The van der Waals surface area contributed by atoms with Gasteiger partial charge in [0.25, 0.3) is 0 Å². The molecule has 1 nitrogen and oxygen atoms in total. The van der Waals surface area contributed by atoms with E-state index in [9.17, 15) is 0 Å². The summed E-state index contributed by atoms with van der Waals surface area (Å²) in [6.45, 7) is 9.63. The molecular weight excluding hydrogens is 735 g/mol. The molecule has 0 radical (unpaired) electrons. The summed E-state index contributed by atoms with van der Waals surface area (Å²) < 4.78 is 0. The number of nitrogens with zero attached hydrogens (tertiary/aromatic N) is 1. The molecule has 8 aliphatic carbocycles. The molecule has 0 saturated heterocycles. The fourth-order valence-corrected chi connectivity index (χ4v) is 13.8. The number of benzene rings is 7. The van der Waals surface area contributed by atoms with E-state index in [1.165, 1.54) is 130 Å². The average molecular weight is 790 g/mol. The smallest absolute Gasteiger partial charge is 0.0540 e. The average Bonchev–Trinajstić information content (AvgIpc) is 3.68. The topological polar surface area (TPSA) is 3.24 Å².